The maximum atomic E-state index is 12.4. The molecule has 1 atom stereocenters. The van der Waals surface area contributed by atoms with Crippen molar-refractivity contribution >= 4 is 23.4 Å². The summed E-state index contributed by atoms with van der Waals surface area (Å²) in [6.45, 7) is 2.99. The standard InChI is InChI=1S/C13H16ClN3O2/c1-3-11-13(19)16(2)4-5-17(11)12(18)9-6-10(14)8-15-7-9/h6-8,11H,3-5H2,1-2H3/t11-/m0/s1. The minimum atomic E-state index is -0.398. The topological polar surface area (TPSA) is 53.5 Å². The highest BCUT2D eigenvalue weighted by molar-refractivity contribution is 6.30. The van der Waals surface area contributed by atoms with Crippen LogP contribution < -0.4 is 0 Å². The molecular formula is C13H16ClN3O2. The Balaban J connectivity index is 2.25. The Kier molecular flexibility index (Phi) is 4.04. The lowest BCUT2D eigenvalue weighted by molar-refractivity contribution is -0.138. The van der Waals surface area contributed by atoms with Crippen molar-refractivity contribution in [3.05, 3.63) is 29.0 Å². The first kappa shape index (κ1) is 13.8. The van der Waals surface area contributed by atoms with Crippen LogP contribution in [0.15, 0.2) is 18.5 Å². The second kappa shape index (κ2) is 5.57. The lowest BCUT2D eigenvalue weighted by Crippen LogP contribution is -2.57. The maximum absolute atomic E-state index is 12.4. The van der Waals surface area contributed by atoms with Gasteiger partial charge in [0.2, 0.25) is 5.91 Å². The van der Waals surface area contributed by atoms with Gasteiger partial charge in [0.05, 0.1) is 10.6 Å². The molecule has 0 spiro atoms. The van der Waals surface area contributed by atoms with Crippen LogP contribution in [0.4, 0.5) is 0 Å². The SMILES string of the molecule is CC[C@H]1C(=O)N(C)CCN1C(=O)c1cncc(Cl)c1. The van der Waals surface area contributed by atoms with Crippen molar-refractivity contribution in [2.45, 2.75) is 19.4 Å². The molecule has 0 aromatic carbocycles. The molecule has 2 amide bonds. The van der Waals surface area contributed by atoms with Crippen molar-refractivity contribution in [1.29, 1.82) is 0 Å². The maximum Gasteiger partial charge on any atom is 0.256 e. The number of carbonyl (C=O) groups excluding carboxylic acids is 2. The highest BCUT2D eigenvalue weighted by Crippen LogP contribution is 2.18. The van der Waals surface area contributed by atoms with Gasteiger partial charge in [0.25, 0.3) is 5.91 Å². The number of rotatable bonds is 2. The highest BCUT2D eigenvalue weighted by atomic mass is 35.5. The number of pyridine rings is 1. The Morgan fingerprint density at radius 1 is 1.47 bits per heavy atom. The average Bonchev–Trinajstić information content (AvgIpc) is 2.41. The van der Waals surface area contributed by atoms with Gasteiger partial charge in [0, 0.05) is 32.5 Å². The molecule has 0 N–H and O–H groups in total. The van der Waals surface area contributed by atoms with E-state index in [-0.39, 0.29) is 11.8 Å². The van der Waals surface area contributed by atoms with Gasteiger partial charge in [-0.15, -0.1) is 0 Å². The summed E-state index contributed by atoms with van der Waals surface area (Å²) in [7, 11) is 1.76. The number of aromatic nitrogens is 1. The van der Waals surface area contributed by atoms with E-state index >= 15 is 0 Å². The minimum absolute atomic E-state index is 0.0166. The fourth-order valence-corrected chi connectivity index (χ4v) is 2.42. The molecule has 0 bridgehead atoms. The average molecular weight is 282 g/mol. The van der Waals surface area contributed by atoms with E-state index in [1.165, 1.54) is 12.4 Å². The van der Waals surface area contributed by atoms with Crippen molar-refractivity contribution in [2.24, 2.45) is 0 Å². The molecule has 0 radical (unpaired) electrons. The highest BCUT2D eigenvalue weighted by Gasteiger charge is 2.35. The van der Waals surface area contributed by atoms with Crippen molar-refractivity contribution in [3.8, 4) is 0 Å². The number of likely N-dealkylation sites (N-methyl/N-ethyl adjacent to an activating group) is 1. The summed E-state index contributed by atoms with van der Waals surface area (Å²) in [5, 5.41) is 0.416. The van der Waals surface area contributed by atoms with Crippen LogP contribution in [-0.2, 0) is 4.79 Å². The Labute approximate surface area is 117 Å². The molecule has 19 heavy (non-hydrogen) atoms. The van der Waals surface area contributed by atoms with Crippen molar-refractivity contribution < 1.29 is 9.59 Å². The Morgan fingerprint density at radius 3 is 2.84 bits per heavy atom. The van der Waals surface area contributed by atoms with E-state index in [0.29, 0.717) is 30.1 Å². The lowest BCUT2D eigenvalue weighted by Gasteiger charge is -2.38. The molecular weight excluding hydrogens is 266 g/mol. The Hall–Kier alpha value is -1.62. The summed E-state index contributed by atoms with van der Waals surface area (Å²) < 4.78 is 0. The normalized spacial score (nSPS) is 19.7. The Bertz CT molecular complexity index is 506. The monoisotopic (exact) mass is 281 g/mol. The van der Waals surface area contributed by atoms with Crippen LogP contribution in [0.5, 0.6) is 0 Å². The number of carbonyl (C=O) groups is 2. The number of hydrogen-bond donors (Lipinski definition) is 0. The van der Waals surface area contributed by atoms with E-state index in [1.807, 2.05) is 6.92 Å². The van der Waals surface area contributed by atoms with Crippen molar-refractivity contribution in [2.75, 3.05) is 20.1 Å². The molecule has 2 rings (SSSR count). The van der Waals surface area contributed by atoms with E-state index in [0.717, 1.165) is 0 Å². The van der Waals surface area contributed by atoms with Crippen LogP contribution in [0.2, 0.25) is 5.02 Å². The molecule has 0 aliphatic carbocycles. The van der Waals surface area contributed by atoms with Crippen LogP contribution in [0.25, 0.3) is 0 Å². The molecule has 6 heteroatoms. The third-order valence-corrected chi connectivity index (χ3v) is 3.52. The van der Waals surface area contributed by atoms with E-state index < -0.39 is 6.04 Å². The summed E-state index contributed by atoms with van der Waals surface area (Å²) in [4.78, 5) is 31.7. The molecule has 5 nitrogen and oxygen atoms in total. The Morgan fingerprint density at radius 2 is 2.21 bits per heavy atom. The first-order valence-corrected chi connectivity index (χ1v) is 6.59. The van der Waals surface area contributed by atoms with Gasteiger partial charge >= 0.3 is 0 Å². The number of hydrogen-bond acceptors (Lipinski definition) is 3. The fourth-order valence-electron chi connectivity index (χ4n) is 2.24. The van der Waals surface area contributed by atoms with E-state index in [9.17, 15) is 9.59 Å². The predicted molar refractivity (Wildman–Crippen MR) is 72.0 cm³/mol. The van der Waals surface area contributed by atoms with Gasteiger partial charge < -0.3 is 9.80 Å². The first-order chi connectivity index (χ1) is 9.04. The van der Waals surface area contributed by atoms with Crippen LogP contribution in [0, 0.1) is 0 Å². The zero-order chi connectivity index (χ0) is 14.0. The van der Waals surface area contributed by atoms with Gasteiger partial charge in [-0.1, -0.05) is 18.5 Å². The zero-order valence-electron chi connectivity index (χ0n) is 11.0. The number of piperazine rings is 1. The second-order valence-corrected chi connectivity index (χ2v) is 5.01. The molecule has 1 saturated heterocycles. The number of nitrogens with zero attached hydrogens (tertiary/aromatic N) is 3. The van der Waals surface area contributed by atoms with Gasteiger partial charge in [0.1, 0.15) is 6.04 Å². The molecule has 0 unspecified atom stereocenters. The first-order valence-electron chi connectivity index (χ1n) is 6.21. The molecule has 1 fully saturated rings. The van der Waals surface area contributed by atoms with Crippen LogP contribution in [-0.4, -0.2) is 52.8 Å². The van der Waals surface area contributed by atoms with E-state index in [2.05, 4.69) is 4.98 Å². The molecule has 1 aromatic rings. The largest absolute Gasteiger partial charge is 0.342 e. The quantitative estimate of drug-likeness (QED) is 0.824. The third-order valence-electron chi connectivity index (χ3n) is 3.31. The fraction of sp³-hybridized carbons (Fsp3) is 0.462. The molecule has 1 aliphatic heterocycles. The van der Waals surface area contributed by atoms with Crippen LogP contribution in [0.3, 0.4) is 0 Å². The van der Waals surface area contributed by atoms with Gasteiger partial charge in [-0.2, -0.15) is 0 Å². The minimum Gasteiger partial charge on any atom is -0.342 e. The molecule has 2 heterocycles. The van der Waals surface area contributed by atoms with Crippen molar-refractivity contribution in [1.82, 2.24) is 14.8 Å². The van der Waals surface area contributed by atoms with E-state index in [1.54, 1.807) is 22.9 Å². The molecule has 0 saturated carbocycles. The van der Waals surface area contributed by atoms with Gasteiger partial charge in [-0.05, 0) is 12.5 Å². The van der Waals surface area contributed by atoms with Crippen molar-refractivity contribution in [3.63, 3.8) is 0 Å². The third kappa shape index (κ3) is 2.71. The zero-order valence-corrected chi connectivity index (χ0v) is 11.7. The molecule has 1 aromatic heterocycles. The number of amides is 2. The van der Waals surface area contributed by atoms with Gasteiger partial charge in [-0.25, -0.2) is 0 Å². The predicted octanol–water partition coefficient (Wildman–Crippen LogP) is 1.43. The van der Waals surface area contributed by atoms with Gasteiger partial charge in [0.15, 0.2) is 0 Å². The smallest absolute Gasteiger partial charge is 0.256 e. The van der Waals surface area contributed by atoms with Crippen LogP contribution in [0.1, 0.15) is 23.7 Å². The lowest BCUT2D eigenvalue weighted by atomic mass is 10.1. The summed E-state index contributed by atoms with van der Waals surface area (Å²) in [5.41, 5.74) is 0.420. The summed E-state index contributed by atoms with van der Waals surface area (Å²) >= 11 is 5.84. The molecule has 1 aliphatic rings. The molecule has 102 valence electrons. The van der Waals surface area contributed by atoms with Crippen LogP contribution >= 0.6 is 11.6 Å². The summed E-state index contributed by atoms with van der Waals surface area (Å²) in [6.07, 6.45) is 3.55. The summed E-state index contributed by atoms with van der Waals surface area (Å²) in [6, 6.07) is 1.18. The van der Waals surface area contributed by atoms with E-state index in [4.69, 9.17) is 11.6 Å². The second-order valence-electron chi connectivity index (χ2n) is 4.57. The van der Waals surface area contributed by atoms with Gasteiger partial charge in [-0.3, -0.25) is 14.6 Å². The summed E-state index contributed by atoms with van der Waals surface area (Å²) in [5.74, 6) is -0.208. The number of halogens is 1.